The summed E-state index contributed by atoms with van der Waals surface area (Å²) in [6, 6.07) is 3.19. The second-order valence-electron chi connectivity index (χ2n) is 6.29. The maximum Gasteiger partial charge on any atom is 0.248 e. The minimum absolute atomic E-state index is 0.0980. The van der Waals surface area contributed by atoms with E-state index in [0.717, 1.165) is 5.39 Å². The average Bonchev–Trinajstić information content (AvgIpc) is 2.57. The van der Waals surface area contributed by atoms with Crippen molar-refractivity contribution < 1.29 is 14.3 Å². The first-order valence-electron chi connectivity index (χ1n) is 8.07. The number of nitrogens with one attached hydrogen (secondary N) is 1. The van der Waals surface area contributed by atoms with E-state index in [9.17, 15) is 9.59 Å². The molecule has 1 atom stereocenters. The van der Waals surface area contributed by atoms with Crippen molar-refractivity contribution in [3.05, 3.63) is 36.8 Å². The highest BCUT2D eigenvalue weighted by Crippen LogP contribution is 2.29. The van der Waals surface area contributed by atoms with E-state index in [1.165, 1.54) is 6.33 Å². The van der Waals surface area contributed by atoms with Gasteiger partial charge in [0.1, 0.15) is 18.7 Å². The van der Waals surface area contributed by atoms with Gasteiger partial charge in [-0.15, -0.1) is 0 Å². The van der Waals surface area contributed by atoms with Gasteiger partial charge in [-0.25, -0.2) is 9.97 Å². The molecule has 1 aromatic heterocycles. The molecule has 26 heavy (non-hydrogen) atoms. The lowest BCUT2D eigenvalue weighted by molar-refractivity contribution is -0.122. The van der Waals surface area contributed by atoms with E-state index in [0.29, 0.717) is 23.4 Å². The van der Waals surface area contributed by atoms with Crippen LogP contribution in [0, 0.1) is 0 Å². The smallest absolute Gasteiger partial charge is 0.248 e. The Balaban J connectivity index is 2.19. The molecule has 0 spiro atoms. The molecule has 0 saturated carbocycles. The second kappa shape index (κ2) is 8.39. The summed E-state index contributed by atoms with van der Waals surface area (Å²) in [5, 5.41) is 3.59. The molecular formula is C18H23N5O3. The van der Waals surface area contributed by atoms with Gasteiger partial charge in [0.15, 0.2) is 0 Å². The first-order valence-corrected chi connectivity index (χ1v) is 8.07. The fraction of sp³-hybridized carbons (Fsp3) is 0.333. The molecule has 1 aromatic carbocycles. The first kappa shape index (κ1) is 19.3. The van der Waals surface area contributed by atoms with E-state index in [4.69, 9.17) is 10.5 Å². The van der Waals surface area contributed by atoms with Crippen LogP contribution in [0.25, 0.3) is 16.5 Å². The number of carbonyl (C=O) groups excluding carboxylic acids is 2. The molecule has 2 rings (SSSR count). The Hall–Kier alpha value is -3.00. The van der Waals surface area contributed by atoms with Gasteiger partial charge < -0.3 is 20.7 Å². The number of hydrogen-bond acceptors (Lipinski definition) is 6. The topological polar surface area (TPSA) is 110 Å². The number of fused-ring (bicyclic) bond motifs is 1. The quantitative estimate of drug-likeness (QED) is 0.669. The van der Waals surface area contributed by atoms with Crippen LogP contribution in [0.1, 0.15) is 12.5 Å². The van der Waals surface area contributed by atoms with Gasteiger partial charge in [-0.05, 0) is 27.1 Å². The Morgan fingerprint density at radius 2 is 2.12 bits per heavy atom. The fourth-order valence-electron chi connectivity index (χ4n) is 2.36. The molecule has 0 radical (unpaired) electrons. The largest absolute Gasteiger partial charge is 0.491 e. The van der Waals surface area contributed by atoms with Gasteiger partial charge in [0.05, 0.1) is 18.1 Å². The number of ether oxygens (including phenoxy) is 1. The lowest BCUT2D eigenvalue weighted by Crippen LogP contribution is -2.41. The SMILES string of the molecule is C=C(C(N)=O)c1cc2cncnc2cc1OCC(C)NC(=O)CN(C)C. The Bertz CT molecular complexity index is 835. The third-order valence-corrected chi connectivity index (χ3v) is 3.58. The van der Waals surface area contributed by atoms with Crippen molar-refractivity contribution in [2.45, 2.75) is 13.0 Å². The lowest BCUT2D eigenvalue weighted by atomic mass is 10.0. The van der Waals surface area contributed by atoms with E-state index in [-0.39, 0.29) is 24.1 Å². The van der Waals surface area contributed by atoms with Crippen molar-refractivity contribution in [2.75, 3.05) is 27.2 Å². The molecule has 0 aliphatic carbocycles. The van der Waals surface area contributed by atoms with Crippen molar-refractivity contribution in [1.82, 2.24) is 20.2 Å². The number of nitrogens with zero attached hydrogens (tertiary/aromatic N) is 3. The van der Waals surface area contributed by atoms with Crippen LogP contribution in [0.3, 0.4) is 0 Å². The molecule has 0 fully saturated rings. The number of likely N-dealkylation sites (N-methyl/N-ethyl adjacent to an activating group) is 1. The Morgan fingerprint density at radius 3 is 2.77 bits per heavy atom. The summed E-state index contributed by atoms with van der Waals surface area (Å²) in [5.41, 5.74) is 6.64. The standard InChI is InChI=1S/C18H23N5O3/c1-11(22-17(24)8-23(3)4)9-26-16-6-15-13(7-20-10-21-15)5-14(16)12(2)18(19)25/h5-7,10-11H,2,8-9H2,1,3-4H3,(H2,19,25)(H,22,24). The number of nitrogens with two attached hydrogens (primary N) is 1. The molecule has 0 bridgehead atoms. The van der Waals surface area contributed by atoms with Crippen LogP contribution in [0.4, 0.5) is 0 Å². The Labute approximate surface area is 152 Å². The molecule has 2 amide bonds. The molecular weight excluding hydrogens is 334 g/mol. The summed E-state index contributed by atoms with van der Waals surface area (Å²) in [6.07, 6.45) is 3.06. The maximum absolute atomic E-state index is 11.8. The summed E-state index contributed by atoms with van der Waals surface area (Å²) in [6.45, 7) is 6.07. The predicted molar refractivity (Wildman–Crippen MR) is 99.4 cm³/mol. The van der Waals surface area contributed by atoms with Crippen LogP contribution >= 0.6 is 0 Å². The molecule has 0 aliphatic heterocycles. The van der Waals surface area contributed by atoms with Crippen molar-refractivity contribution in [1.29, 1.82) is 0 Å². The predicted octanol–water partition coefficient (Wildman–Crippen LogP) is 0.573. The Kier molecular flexibility index (Phi) is 6.24. The summed E-state index contributed by atoms with van der Waals surface area (Å²) in [5.74, 6) is -0.314. The third-order valence-electron chi connectivity index (χ3n) is 3.58. The minimum atomic E-state index is -0.640. The van der Waals surface area contributed by atoms with Crippen LogP contribution < -0.4 is 15.8 Å². The summed E-state index contributed by atoms with van der Waals surface area (Å²) >= 11 is 0. The van der Waals surface area contributed by atoms with Crippen molar-refractivity contribution in [2.24, 2.45) is 5.73 Å². The van der Waals surface area contributed by atoms with Crippen LogP contribution in [-0.2, 0) is 9.59 Å². The number of rotatable bonds is 8. The highest BCUT2D eigenvalue weighted by atomic mass is 16.5. The maximum atomic E-state index is 11.8. The zero-order chi connectivity index (χ0) is 19.3. The van der Waals surface area contributed by atoms with Crippen LogP contribution in [-0.4, -0.2) is 60.0 Å². The number of carbonyl (C=O) groups is 2. The number of hydrogen-bond donors (Lipinski definition) is 2. The monoisotopic (exact) mass is 357 g/mol. The molecule has 0 saturated heterocycles. The van der Waals surface area contributed by atoms with E-state index in [2.05, 4.69) is 21.9 Å². The number of aromatic nitrogens is 2. The summed E-state index contributed by atoms with van der Waals surface area (Å²) < 4.78 is 5.83. The molecule has 138 valence electrons. The normalized spacial score (nSPS) is 12.0. The van der Waals surface area contributed by atoms with Gasteiger partial charge in [-0.1, -0.05) is 6.58 Å². The van der Waals surface area contributed by atoms with Gasteiger partial charge in [0.2, 0.25) is 11.8 Å². The first-order chi connectivity index (χ1) is 12.3. The van der Waals surface area contributed by atoms with Crippen molar-refractivity contribution >= 4 is 28.3 Å². The molecule has 2 aromatic rings. The molecule has 1 heterocycles. The summed E-state index contributed by atoms with van der Waals surface area (Å²) in [4.78, 5) is 33.3. The van der Waals surface area contributed by atoms with Crippen molar-refractivity contribution in [3.63, 3.8) is 0 Å². The van der Waals surface area contributed by atoms with Gasteiger partial charge in [0, 0.05) is 28.8 Å². The van der Waals surface area contributed by atoms with Gasteiger partial charge >= 0.3 is 0 Å². The molecule has 8 nitrogen and oxygen atoms in total. The molecule has 8 heteroatoms. The Morgan fingerprint density at radius 1 is 1.38 bits per heavy atom. The van der Waals surface area contributed by atoms with E-state index >= 15 is 0 Å². The van der Waals surface area contributed by atoms with Crippen LogP contribution in [0.15, 0.2) is 31.2 Å². The fourth-order valence-corrected chi connectivity index (χ4v) is 2.36. The number of primary amides is 1. The van der Waals surface area contributed by atoms with E-state index in [1.54, 1.807) is 23.2 Å². The van der Waals surface area contributed by atoms with Crippen LogP contribution in [0.5, 0.6) is 5.75 Å². The molecule has 3 N–H and O–H groups in total. The average molecular weight is 357 g/mol. The summed E-state index contributed by atoms with van der Waals surface area (Å²) in [7, 11) is 3.64. The van der Waals surface area contributed by atoms with Crippen molar-refractivity contribution in [3.8, 4) is 5.75 Å². The highest BCUT2D eigenvalue weighted by Gasteiger charge is 2.16. The van der Waals surface area contributed by atoms with Gasteiger partial charge in [0.25, 0.3) is 0 Å². The zero-order valence-electron chi connectivity index (χ0n) is 15.2. The highest BCUT2D eigenvalue weighted by molar-refractivity contribution is 6.19. The van der Waals surface area contributed by atoms with Gasteiger partial charge in [-0.3, -0.25) is 9.59 Å². The van der Waals surface area contributed by atoms with E-state index in [1.807, 2.05) is 21.0 Å². The van der Waals surface area contributed by atoms with E-state index < -0.39 is 5.91 Å². The minimum Gasteiger partial charge on any atom is -0.491 e. The zero-order valence-corrected chi connectivity index (χ0v) is 15.2. The third kappa shape index (κ3) is 5.00. The number of amides is 2. The molecule has 1 unspecified atom stereocenters. The number of benzene rings is 1. The van der Waals surface area contributed by atoms with Crippen LogP contribution in [0.2, 0.25) is 0 Å². The molecule has 0 aliphatic rings. The lowest BCUT2D eigenvalue weighted by Gasteiger charge is -2.18. The van der Waals surface area contributed by atoms with Gasteiger partial charge in [-0.2, -0.15) is 0 Å². The second-order valence-corrected chi connectivity index (χ2v) is 6.29.